The number of carbonyl (C=O) groups is 2. The Labute approximate surface area is 117 Å². The molecule has 1 amide bonds. The van der Waals surface area contributed by atoms with Crippen LogP contribution in [-0.4, -0.2) is 35.7 Å². The Bertz CT molecular complexity index is 474. The molecule has 0 aliphatic heterocycles. The highest BCUT2D eigenvalue weighted by Gasteiger charge is 2.19. The molecule has 0 fully saturated rings. The molecule has 0 radical (unpaired) electrons. The Morgan fingerprint density at radius 3 is 2.60 bits per heavy atom. The van der Waals surface area contributed by atoms with Crippen LogP contribution < -0.4 is 15.7 Å². The number of carboxylic acid groups (broad SMARTS) is 1. The van der Waals surface area contributed by atoms with Crippen LogP contribution in [0.1, 0.15) is 18.9 Å². The number of amides is 1. The first-order chi connectivity index (χ1) is 9.40. The zero-order valence-electron chi connectivity index (χ0n) is 11.6. The topological polar surface area (TPSA) is 106 Å². The predicted molar refractivity (Wildman–Crippen MR) is 71.7 cm³/mol. The van der Waals surface area contributed by atoms with Gasteiger partial charge >= 0.3 is 0 Å². The van der Waals surface area contributed by atoms with E-state index < -0.39 is 24.0 Å². The minimum atomic E-state index is -1.31. The largest absolute Gasteiger partial charge is 0.544 e. The van der Waals surface area contributed by atoms with Crippen molar-refractivity contribution in [1.29, 1.82) is 0 Å². The number of hydrogen-bond acceptors (Lipinski definition) is 4. The van der Waals surface area contributed by atoms with Crippen LogP contribution in [0.2, 0.25) is 0 Å². The molecule has 6 nitrogen and oxygen atoms in total. The summed E-state index contributed by atoms with van der Waals surface area (Å²) in [7, 11) is 0. The third-order valence-electron chi connectivity index (χ3n) is 2.89. The van der Waals surface area contributed by atoms with Crippen molar-refractivity contribution in [2.24, 2.45) is 0 Å². The minimum absolute atomic E-state index is 0.205. The van der Waals surface area contributed by atoms with E-state index in [0.717, 1.165) is 5.56 Å². The Balaban J connectivity index is 2.58. The Hall–Kier alpha value is -1.92. The fourth-order valence-electron chi connectivity index (χ4n) is 1.74. The molecule has 0 saturated heterocycles. The second-order valence-corrected chi connectivity index (χ2v) is 4.81. The van der Waals surface area contributed by atoms with Crippen LogP contribution >= 0.6 is 0 Å². The lowest BCUT2D eigenvalue weighted by atomic mass is 10.1. The van der Waals surface area contributed by atoms with Crippen LogP contribution in [0.15, 0.2) is 24.3 Å². The van der Waals surface area contributed by atoms with Gasteiger partial charge in [0.15, 0.2) is 0 Å². The second-order valence-electron chi connectivity index (χ2n) is 4.81. The molecule has 6 heteroatoms. The second kappa shape index (κ2) is 7.62. The Morgan fingerprint density at radius 1 is 1.40 bits per heavy atom. The number of aliphatic hydroxyl groups excluding tert-OH is 1. The molecule has 0 unspecified atom stereocenters. The van der Waals surface area contributed by atoms with Gasteiger partial charge in [-0.1, -0.05) is 18.2 Å². The summed E-state index contributed by atoms with van der Waals surface area (Å²) in [5.41, 5.74) is 1.56. The van der Waals surface area contributed by atoms with E-state index in [1.807, 2.05) is 19.1 Å². The number of para-hydroxylation sites is 1. The van der Waals surface area contributed by atoms with Gasteiger partial charge in [0.2, 0.25) is 5.91 Å². The zero-order chi connectivity index (χ0) is 15.1. The van der Waals surface area contributed by atoms with Crippen molar-refractivity contribution in [3.05, 3.63) is 29.8 Å². The van der Waals surface area contributed by atoms with E-state index >= 15 is 0 Å². The number of hydrogen-bond donors (Lipinski definition) is 3. The lowest BCUT2D eigenvalue weighted by molar-refractivity contribution is -0.687. The molecule has 1 aromatic rings. The number of benzene rings is 1. The van der Waals surface area contributed by atoms with Crippen molar-refractivity contribution in [1.82, 2.24) is 0 Å². The Kier molecular flexibility index (Phi) is 6.14. The molecular weight excluding hydrogens is 260 g/mol. The maximum Gasteiger partial charge on any atom is 0.230 e. The van der Waals surface area contributed by atoms with Crippen molar-refractivity contribution in [2.45, 2.75) is 32.4 Å². The van der Waals surface area contributed by atoms with E-state index in [9.17, 15) is 14.7 Å². The standard InChI is InChI=1S/C14H20N2O4/c1-9-5-3-4-6-11(9)16-13(18)7-12(14(19)20)15-8-10(2)17/h3-6,10,12,15,17H,7-8H2,1-2H3,(H,16,18)(H,19,20)/t10-,12-/m1/s1. The molecule has 0 spiro atoms. The minimum Gasteiger partial charge on any atom is -0.544 e. The molecule has 1 rings (SSSR count). The van der Waals surface area contributed by atoms with Crippen molar-refractivity contribution in [2.75, 3.05) is 11.9 Å². The van der Waals surface area contributed by atoms with Gasteiger partial charge in [-0.05, 0) is 25.5 Å². The summed E-state index contributed by atoms with van der Waals surface area (Å²) in [5.74, 6) is -1.71. The number of carbonyl (C=O) groups excluding carboxylic acids is 2. The quantitative estimate of drug-likeness (QED) is 0.558. The molecule has 0 aliphatic rings. The SMILES string of the molecule is Cc1ccccc1NC(=O)C[C@@H]([NH2+]C[C@@H](C)O)C(=O)[O-]. The molecule has 0 saturated carbocycles. The number of nitrogens with two attached hydrogens (primary N) is 1. The molecule has 0 aliphatic carbocycles. The van der Waals surface area contributed by atoms with Crippen LogP contribution in [0.25, 0.3) is 0 Å². The van der Waals surface area contributed by atoms with E-state index in [4.69, 9.17) is 5.11 Å². The number of nitrogens with one attached hydrogen (secondary N) is 1. The number of aliphatic carboxylic acids is 1. The van der Waals surface area contributed by atoms with Gasteiger partial charge in [-0.25, -0.2) is 0 Å². The summed E-state index contributed by atoms with van der Waals surface area (Å²) in [6.45, 7) is 3.61. The van der Waals surface area contributed by atoms with Gasteiger partial charge in [-0.15, -0.1) is 0 Å². The van der Waals surface area contributed by atoms with Crippen molar-refractivity contribution in [3.8, 4) is 0 Å². The van der Waals surface area contributed by atoms with Crippen molar-refractivity contribution < 1.29 is 25.1 Å². The van der Waals surface area contributed by atoms with Gasteiger partial charge in [-0.3, -0.25) is 4.79 Å². The van der Waals surface area contributed by atoms with Gasteiger partial charge in [-0.2, -0.15) is 0 Å². The van der Waals surface area contributed by atoms with Gasteiger partial charge in [0.1, 0.15) is 12.6 Å². The van der Waals surface area contributed by atoms with Crippen LogP contribution in [0.4, 0.5) is 5.69 Å². The number of anilines is 1. The Morgan fingerprint density at radius 2 is 2.05 bits per heavy atom. The lowest BCUT2D eigenvalue weighted by Gasteiger charge is -2.17. The zero-order valence-corrected chi connectivity index (χ0v) is 11.6. The highest BCUT2D eigenvalue weighted by Crippen LogP contribution is 2.13. The number of aryl methyl sites for hydroxylation is 1. The number of rotatable bonds is 7. The van der Waals surface area contributed by atoms with Crippen LogP contribution in [0, 0.1) is 6.92 Å². The molecule has 0 bridgehead atoms. The van der Waals surface area contributed by atoms with Crippen molar-refractivity contribution in [3.63, 3.8) is 0 Å². The summed E-state index contributed by atoms with van der Waals surface area (Å²) in [6, 6.07) is 6.24. The highest BCUT2D eigenvalue weighted by molar-refractivity contribution is 5.93. The number of carboxylic acids is 1. The lowest BCUT2D eigenvalue weighted by Crippen LogP contribution is -2.94. The summed E-state index contributed by atoms with van der Waals surface area (Å²) in [6.07, 6.45) is -0.847. The van der Waals surface area contributed by atoms with E-state index in [0.29, 0.717) is 5.69 Å². The van der Waals surface area contributed by atoms with Gasteiger partial charge < -0.3 is 25.6 Å². The smallest absolute Gasteiger partial charge is 0.230 e. The first kappa shape index (κ1) is 16.1. The van der Waals surface area contributed by atoms with Gasteiger partial charge in [0.05, 0.1) is 18.5 Å². The fourth-order valence-corrected chi connectivity index (χ4v) is 1.74. The highest BCUT2D eigenvalue weighted by atomic mass is 16.4. The maximum absolute atomic E-state index is 11.8. The molecule has 0 aromatic heterocycles. The van der Waals surface area contributed by atoms with Crippen LogP contribution in [-0.2, 0) is 9.59 Å². The summed E-state index contributed by atoms with van der Waals surface area (Å²) >= 11 is 0. The normalized spacial score (nSPS) is 13.6. The monoisotopic (exact) mass is 280 g/mol. The summed E-state index contributed by atoms with van der Waals surface area (Å²) < 4.78 is 0. The third kappa shape index (κ3) is 5.38. The third-order valence-corrected chi connectivity index (χ3v) is 2.89. The van der Waals surface area contributed by atoms with E-state index in [1.54, 1.807) is 19.1 Å². The van der Waals surface area contributed by atoms with Gasteiger partial charge in [0.25, 0.3) is 0 Å². The molecular formula is C14H20N2O4. The molecule has 4 N–H and O–H groups in total. The first-order valence-electron chi connectivity index (χ1n) is 6.48. The first-order valence-corrected chi connectivity index (χ1v) is 6.48. The molecule has 2 atom stereocenters. The number of aliphatic hydroxyl groups is 1. The average molecular weight is 280 g/mol. The maximum atomic E-state index is 11.8. The van der Waals surface area contributed by atoms with Crippen LogP contribution in [0.5, 0.6) is 0 Å². The summed E-state index contributed by atoms with van der Waals surface area (Å²) in [4.78, 5) is 22.8. The van der Waals surface area contributed by atoms with Gasteiger partial charge in [0, 0.05) is 5.69 Å². The van der Waals surface area contributed by atoms with E-state index in [-0.39, 0.29) is 13.0 Å². The summed E-state index contributed by atoms with van der Waals surface area (Å²) in [5, 5.41) is 24.2. The molecule has 110 valence electrons. The molecule has 0 heterocycles. The predicted octanol–water partition coefficient (Wildman–Crippen LogP) is -1.61. The van der Waals surface area contributed by atoms with E-state index in [1.165, 1.54) is 5.32 Å². The number of quaternary nitrogens is 1. The average Bonchev–Trinajstić information content (AvgIpc) is 2.36. The molecule has 1 aromatic carbocycles. The van der Waals surface area contributed by atoms with Crippen molar-refractivity contribution >= 4 is 17.6 Å². The van der Waals surface area contributed by atoms with E-state index in [2.05, 4.69) is 5.32 Å². The fraction of sp³-hybridized carbons (Fsp3) is 0.429. The molecule has 20 heavy (non-hydrogen) atoms. The van der Waals surface area contributed by atoms with Crippen LogP contribution in [0.3, 0.4) is 0 Å².